The summed E-state index contributed by atoms with van der Waals surface area (Å²) in [5.41, 5.74) is 2.80. The van der Waals surface area contributed by atoms with E-state index in [1.165, 1.54) is 19.4 Å². The summed E-state index contributed by atoms with van der Waals surface area (Å²) in [6.07, 6.45) is -3.82. The van der Waals surface area contributed by atoms with E-state index in [4.69, 9.17) is 9.47 Å². The van der Waals surface area contributed by atoms with Gasteiger partial charge in [-0.1, -0.05) is 34.1 Å². The zero-order valence-corrected chi connectivity index (χ0v) is 20.5. The van der Waals surface area contributed by atoms with E-state index in [1.807, 2.05) is 24.3 Å². The van der Waals surface area contributed by atoms with E-state index in [-0.39, 0.29) is 5.69 Å². The predicted octanol–water partition coefficient (Wildman–Crippen LogP) is 5.53. The number of ether oxygens (including phenoxy) is 2. The lowest BCUT2D eigenvalue weighted by Gasteiger charge is -2.11. The molecule has 3 rings (SSSR count). The molecule has 0 radical (unpaired) electrons. The first-order chi connectivity index (χ1) is 17.1. The van der Waals surface area contributed by atoms with Crippen molar-refractivity contribution in [2.45, 2.75) is 19.2 Å². The molecule has 0 heterocycles. The zero-order valence-electron chi connectivity index (χ0n) is 18.9. The molecule has 36 heavy (non-hydrogen) atoms. The first-order valence-electron chi connectivity index (χ1n) is 10.5. The molecule has 2 amide bonds. The quantitative estimate of drug-likeness (QED) is 0.203. The molecule has 0 aliphatic heterocycles. The molecule has 0 aliphatic rings. The van der Waals surface area contributed by atoms with E-state index in [0.29, 0.717) is 23.7 Å². The fraction of sp³-hybridized carbons (Fsp3) is 0.160. The summed E-state index contributed by atoms with van der Waals surface area (Å²) in [5.74, 6) is -0.538. The number of benzene rings is 3. The van der Waals surface area contributed by atoms with E-state index in [1.54, 1.807) is 18.2 Å². The van der Waals surface area contributed by atoms with Crippen molar-refractivity contribution in [3.05, 3.63) is 87.9 Å². The Morgan fingerprint density at radius 1 is 1.00 bits per heavy atom. The number of nitrogens with one attached hydrogen (secondary N) is 2. The topological polar surface area (TPSA) is 89.0 Å². The van der Waals surface area contributed by atoms with Crippen LogP contribution in [0.15, 0.2) is 76.3 Å². The molecule has 7 nitrogen and oxygen atoms in total. The lowest BCUT2D eigenvalue weighted by Crippen LogP contribution is -2.24. The van der Waals surface area contributed by atoms with Gasteiger partial charge < -0.3 is 14.8 Å². The average Bonchev–Trinajstić information content (AvgIpc) is 2.83. The maximum absolute atomic E-state index is 12.8. The maximum atomic E-state index is 12.8. The third-order valence-corrected chi connectivity index (χ3v) is 5.22. The summed E-state index contributed by atoms with van der Waals surface area (Å²) in [7, 11) is 1.49. The number of halogens is 4. The van der Waals surface area contributed by atoms with Crippen molar-refractivity contribution < 1.29 is 32.2 Å². The number of amides is 2. The first-order valence-corrected chi connectivity index (χ1v) is 11.3. The van der Waals surface area contributed by atoms with Crippen LogP contribution in [-0.2, 0) is 22.4 Å². The number of nitrogens with zero attached hydrogens (tertiary/aromatic N) is 1. The van der Waals surface area contributed by atoms with Crippen molar-refractivity contribution in [2.75, 3.05) is 12.4 Å². The number of rotatable bonds is 9. The van der Waals surface area contributed by atoms with Gasteiger partial charge >= 0.3 is 6.18 Å². The SMILES string of the molecule is COc1cc(C=NNC(=O)CC(=O)Nc2cccc(C(F)(F)F)c2)ccc1OCc1ccc(Br)cc1. The van der Waals surface area contributed by atoms with Crippen molar-refractivity contribution in [2.24, 2.45) is 5.10 Å². The normalized spacial score (nSPS) is 11.2. The fourth-order valence-electron chi connectivity index (χ4n) is 2.97. The molecule has 0 atom stereocenters. The molecular weight excluding hydrogens is 543 g/mol. The summed E-state index contributed by atoms with van der Waals surface area (Å²) in [6.45, 7) is 0.343. The van der Waals surface area contributed by atoms with Crippen LogP contribution in [0.2, 0.25) is 0 Å². The van der Waals surface area contributed by atoms with E-state index in [9.17, 15) is 22.8 Å². The third-order valence-electron chi connectivity index (χ3n) is 4.69. The molecule has 0 unspecified atom stereocenters. The Morgan fingerprint density at radius 3 is 2.44 bits per heavy atom. The van der Waals surface area contributed by atoms with Gasteiger partial charge in [0, 0.05) is 10.2 Å². The van der Waals surface area contributed by atoms with Crippen LogP contribution in [0.25, 0.3) is 0 Å². The number of alkyl halides is 3. The molecule has 11 heteroatoms. The molecule has 0 aliphatic carbocycles. The highest BCUT2D eigenvalue weighted by Crippen LogP contribution is 2.31. The smallest absolute Gasteiger partial charge is 0.416 e. The lowest BCUT2D eigenvalue weighted by atomic mass is 10.2. The maximum Gasteiger partial charge on any atom is 0.416 e. The summed E-state index contributed by atoms with van der Waals surface area (Å²) < 4.78 is 50.5. The standard InChI is InChI=1S/C25H21BrF3N3O4/c1-35-22-11-17(7-10-21(22)36-15-16-5-8-19(26)9-6-16)14-30-32-24(34)13-23(33)31-20-4-2-3-18(12-20)25(27,28)29/h2-12,14H,13,15H2,1H3,(H,31,33)(H,32,34). The van der Waals surface area contributed by atoms with Crippen LogP contribution in [-0.4, -0.2) is 25.1 Å². The van der Waals surface area contributed by atoms with Gasteiger partial charge in [-0.2, -0.15) is 18.3 Å². The summed E-state index contributed by atoms with van der Waals surface area (Å²) in [5, 5.41) is 6.06. The van der Waals surface area contributed by atoms with Gasteiger partial charge in [0.25, 0.3) is 0 Å². The van der Waals surface area contributed by atoms with Crippen LogP contribution in [0.3, 0.4) is 0 Å². The third kappa shape index (κ3) is 8.12. The Kier molecular flexibility index (Phi) is 9.07. The Hall–Kier alpha value is -3.86. The van der Waals surface area contributed by atoms with Crippen LogP contribution in [0.5, 0.6) is 11.5 Å². The molecule has 0 aromatic heterocycles. The van der Waals surface area contributed by atoms with Gasteiger partial charge in [-0.05, 0) is 59.7 Å². The van der Waals surface area contributed by atoms with Crippen molar-refractivity contribution in [3.63, 3.8) is 0 Å². The van der Waals surface area contributed by atoms with Gasteiger partial charge in [-0.15, -0.1) is 0 Å². The summed E-state index contributed by atoms with van der Waals surface area (Å²) >= 11 is 3.38. The lowest BCUT2D eigenvalue weighted by molar-refractivity contribution is -0.137. The minimum absolute atomic E-state index is 0.0688. The van der Waals surface area contributed by atoms with Gasteiger partial charge in [-0.3, -0.25) is 9.59 Å². The van der Waals surface area contributed by atoms with Gasteiger partial charge in [0.1, 0.15) is 13.0 Å². The molecule has 0 spiro atoms. The number of carbonyl (C=O) groups is 2. The van der Waals surface area contributed by atoms with Crippen molar-refractivity contribution >= 4 is 39.6 Å². The summed E-state index contributed by atoms with van der Waals surface area (Å²) in [4.78, 5) is 23.9. The molecule has 188 valence electrons. The van der Waals surface area contributed by atoms with Gasteiger partial charge in [0.2, 0.25) is 11.8 Å². The number of hydrazone groups is 1. The van der Waals surface area contributed by atoms with Gasteiger partial charge in [-0.25, -0.2) is 5.43 Å². The van der Waals surface area contributed by atoms with Crippen LogP contribution in [0.1, 0.15) is 23.1 Å². The number of methoxy groups -OCH3 is 1. The van der Waals surface area contributed by atoms with Gasteiger partial charge in [0.05, 0.1) is 18.9 Å². The van der Waals surface area contributed by atoms with Crippen molar-refractivity contribution in [1.29, 1.82) is 0 Å². The van der Waals surface area contributed by atoms with Crippen LogP contribution in [0.4, 0.5) is 18.9 Å². The van der Waals surface area contributed by atoms with Crippen molar-refractivity contribution in [1.82, 2.24) is 5.43 Å². The second-order valence-corrected chi connectivity index (χ2v) is 8.34. The Labute approximate surface area is 213 Å². The highest BCUT2D eigenvalue weighted by Gasteiger charge is 2.30. The van der Waals surface area contributed by atoms with E-state index >= 15 is 0 Å². The largest absolute Gasteiger partial charge is 0.493 e. The molecule has 3 aromatic carbocycles. The molecular formula is C25H21BrF3N3O4. The Bertz CT molecular complexity index is 1250. The second-order valence-electron chi connectivity index (χ2n) is 7.42. The van der Waals surface area contributed by atoms with Crippen LogP contribution < -0.4 is 20.2 Å². The van der Waals surface area contributed by atoms with Crippen LogP contribution >= 0.6 is 15.9 Å². The second kappa shape index (κ2) is 12.2. The molecule has 0 saturated carbocycles. The first kappa shape index (κ1) is 26.7. The monoisotopic (exact) mass is 563 g/mol. The van der Waals surface area contributed by atoms with E-state index in [2.05, 4.69) is 31.8 Å². The number of hydrogen-bond acceptors (Lipinski definition) is 5. The van der Waals surface area contributed by atoms with Crippen molar-refractivity contribution in [3.8, 4) is 11.5 Å². The molecule has 0 fully saturated rings. The molecule has 3 aromatic rings. The zero-order chi connectivity index (χ0) is 26.1. The minimum atomic E-state index is -4.54. The Morgan fingerprint density at radius 2 is 1.75 bits per heavy atom. The summed E-state index contributed by atoms with van der Waals surface area (Å²) in [6, 6.07) is 16.9. The minimum Gasteiger partial charge on any atom is -0.493 e. The number of hydrogen-bond donors (Lipinski definition) is 2. The average molecular weight is 564 g/mol. The van der Waals surface area contributed by atoms with Crippen LogP contribution in [0, 0.1) is 0 Å². The predicted molar refractivity (Wildman–Crippen MR) is 132 cm³/mol. The van der Waals surface area contributed by atoms with E-state index < -0.39 is 30.0 Å². The van der Waals surface area contributed by atoms with Gasteiger partial charge in [0.15, 0.2) is 11.5 Å². The molecule has 2 N–H and O–H groups in total. The molecule has 0 saturated heterocycles. The number of anilines is 1. The number of carbonyl (C=O) groups excluding carboxylic acids is 2. The fourth-order valence-corrected chi connectivity index (χ4v) is 3.23. The highest BCUT2D eigenvalue weighted by molar-refractivity contribution is 9.10. The van der Waals surface area contributed by atoms with E-state index in [0.717, 1.165) is 28.2 Å². The highest BCUT2D eigenvalue weighted by atomic mass is 79.9. The Balaban J connectivity index is 1.51. The molecule has 0 bridgehead atoms.